The number of nitrogens with zero attached hydrogens (tertiary/aromatic N) is 1. The van der Waals surface area contributed by atoms with Gasteiger partial charge in [0.1, 0.15) is 5.52 Å². The fourth-order valence-electron chi connectivity index (χ4n) is 2.78. The largest absolute Gasteiger partial charge is 0.436 e. The van der Waals surface area contributed by atoms with Crippen LogP contribution in [0.2, 0.25) is 15.1 Å². The van der Waals surface area contributed by atoms with Crippen molar-refractivity contribution in [1.29, 1.82) is 0 Å². The van der Waals surface area contributed by atoms with Crippen molar-refractivity contribution in [2.45, 2.75) is 6.42 Å². The van der Waals surface area contributed by atoms with E-state index in [1.807, 2.05) is 12.1 Å². The summed E-state index contributed by atoms with van der Waals surface area (Å²) >= 11 is 18.2. The van der Waals surface area contributed by atoms with E-state index < -0.39 is 0 Å². The van der Waals surface area contributed by atoms with Gasteiger partial charge in [-0.1, -0.05) is 53.0 Å². The van der Waals surface area contributed by atoms with Crippen LogP contribution >= 0.6 is 34.8 Å². The Morgan fingerprint density at radius 3 is 2.57 bits per heavy atom. The van der Waals surface area contributed by atoms with Crippen molar-refractivity contribution in [3.05, 3.63) is 81.3 Å². The van der Waals surface area contributed by atoms with Crippen LogP contribution < -0.4 is 5.32 Å². The van der Waals surface area contributed by atoms with Crippen molar-refractivity contribution in [2.75, 3.05) is 5.32 Å². The molecule has 0 aliphatic rings. The van der Waals surface area contributed by atoms with Crippen molar-refractivity contribution < 1.29 is 9.21 Å². The molecule has 0 fully saturated rings. The highest BCUT2D eigenvalue weighted by Crippen LogP contribution is 2.34. The number of carbonyl (C=O) groups excluding carboxylic acids is 1. The molecule has 0 saturated heterocycles. The molecule has 0 unspecified atom stereocenters. The Labute approximate surface area is 176 Å². The van der Waals surface area contributed by atoms with Gasteiger partial charge in [0.05, 0.1) is 22.0 Å². The summed E-state index contributed by atoms with van der Waals surface area (Å²) in [6, 6.07) is 17.7. The van der Waals surface area contributed by atoms with Gasteiger partial charge < -0.3 is 9.73 Å². The second-order valence-electron chi connectivity index (χ2n) is 6.15. The highest BCUT2D eigenvalue weighted by molar-refractivity contribution is 6.43. The average molecular weight is 432 g/mol. The first-order valence-electron chi connectivity index (χ1n) is 8.39. The summed E-state index contributed by atoms with van der Waals surface area (Å²) in [5.74, 6) is 0.232. The van der Waals surface area contributed by atoms with E-state index in [1.165, 1.54) is 0 Å². The zero-order valence-corrected chi connectivity index (χ0v) is 16.6. The minimum Gasteiger partial charge on any atom is -0.436 e. The second-order valence-corrected chi connectivity index (χ2v) is 7.38. The predicted molar refractivity (Wildman–Crippen MR) is 113 cm³/mol. The Kier molecular flexibility index (Phi) is 5.27. The molecule has 1 amide bonds. The number of anilines is 1. The van der Waals surface area contributed by atoms with Crippen LogP contribution in [-0.4, -0.2) is 10.9 Å². The lowest BCUT2D eigenvalue weighted by Crippen LogP contribution is -2.14. The molecule has 140 valence electrons. The zero-order chi connectivity index (χ0) is 19.7. The van der Waals surface area contributed by atoms with Gasteiger partial charge in [0.25, 0.3) is 0 Å². The molecule has 28 heavy (non-hydrogen) atoms. The van der Waals surface area contributed by atoms with E-state index >= 15 is 0 Å². The molecule has 0 spiro atoms. The maximum absolute atomic E-state index is 12.3. The maximum Gasteiger partial charge on any atom is 0.228 e. The Morgan fingerprint density at radius 2 is 1.79 bits per heavy atom. The quantitative estimate of drug-likeness (QED) is 0.394. The third-order valence-electron chi connectivity index (χ3n) is 4.13. The number of oxazole rings is 1. The molecule has 0 radical (unpaired) electrons. The number of rotatable bonds is 4. The highest BCUT2D eigenvalue weighted by atomic mass is 35.5. The molecule has 3 aromatic carbocycles. The fourth-order valence-corrected chi connectivity index (χ4v) is 3.29. The highest BCUT2D eigenvalue weighted by Gasteiger charge is 2.14. The van der Waals surface area contributed by atoms with Gasteiger partial charge in [-0.25, -0.2) is 4.98 Å². The minimum atomic E-state index is -0.136. The normalized spacial score (nSPS) is 11.0. The van der Waals surface area contributed by atoms with E-state index in [2.05, 4.69) is 10.3 Å². The van der Waals surface area contributed by atoms with E-state index in [1.54, 1.807) is 48.5 Å². The summed E-state index contributed by atoms with van der Waals surface area (Å²) in [5.41, 5.74) is 3.31. The molecule has 4 rings (SSSR count). The maximum atomic E-state index is 12.3. The van der Waals surface area contributed by atoms with Gasteiger partial charge in [0.2, 0.25) is 11.8 Å². The number of hydrogen-bond donors (Lipinski definition) is 1. The number of aromatic nitrogens is 1. The van der Waals surface area contributed by atoms with Gasteiger partial charge in [0, 0.05) is 10.7 Å². The molecule has 0 bridgehead atoms. The molecule has 1 aromatic heterocycles. The number of benzene rings is 3. The van der Waals surface area contributed by atoms with Gasteiger partial charge >= 0.3 is 0 Å². The van der Waals surface area contributed by atoms with E-state index in [0.717, 1.165) is 5.56 Å². The van der Waals surface area contributed by atoms with Gasteiger partial charge in [-0.3, -0.25) is 4.79 Å². The van der Waals surface area contributed by atoms with Crippen molar-refractivity contribution >= 4 is 57.5 Å². The Hall–Kier alpha value is -2.53. The molecule has 0 aliphatic heterocycles. The lowest BCUT2D eigenvalue weighted by molar-refractivity contribution is -0.115. The summed E-state index contributed by atoms with van der Waals surface area (Å²) < 4.78 is 5.78. The standard InChI is InChI=1S/C21H13Cl3N2O2/c22-13-6-4-12(5-7-13)10-19(27)25-14-8-9-18-17(11-14)26-21(28-18)15-2-1-3-16(23)20(15)24/h1-9,11H,10H2,(H,25,27). The van der Waals surface area contributed by atoms with Crippen molar-refractivity contribution in [1.82, 2.24) is 4.98 Å². The summed E-state index contributed by atoms with van der Waals surface area (Å²) in [7, 11) is 0. The Bertz CT molecular complexity index is 1170. The number of hydrogen-bond acceptors (Lipinski definition) is 3. The Morgan fingerprint density at radius 1 is 1.00 bits per heavy atom. The van der Waals surface area contributed by atoms with E-state index in [4.69, 9.17) is 39.2 Å². The third kappa shape index (κ3) is 3.99. The van der Waals surface area contributed by atoms with Crippen LogP contribution in [0.15, 0.2) is 65.1 Å². The van der Waals surface area contributed by atoms with Crippen molar-refractivity contribution in [3.63, 3.8) is 0 Å². The van der Waals surface area contributed by atoms with Gasteiger partial charge in [-0.15, -0.1) is 0 Å². The van der Waals surface area contributed by atoms with Crippen LogP contribution in [-0.2, 0) is 11.2 Å². The number of amides is 1. The minimum absolute atomic E-state index is 0.136. The van der Waals surface area contributed by atoms with Gasteiger partial charge in [-0.05, 0) is 48.0 Å². The van der Waals surface area contributed by atoms with Crippen LogP contribution in [0.5, 0.6) is 0 Å². The molecular weight excluding hydrogens is 419 g/mol. The van der Waals surface area contributed by atoms with E-state index in [0.29, 0.717) is 43.3 Å². The molecule has 0 atom stereocenters. The summed E-state index contributed by atoms with van der Waals surface area (Å²) in [6.07, 6.45) is 0.247. The zero-order valence-electron chi connectivity index (χ0n) is 14.4. The van der Waals surface area contributed by atoms with Crippen molar-refractivity contribution in [2.24, 2.45) is 0 Å². The summed E-state index contributed by atoms with van der Waals surface area (Å²) in [5, 5.41) is 4.31. The van der Waals surface area contributed by atoms with Gasteiger partial charge in [0.15, 0.2) is 5.58 Å². The van der Waals surface area contributed by atoms with E-state index in [9.17, 15) is 4.79 Å². The van der Waals surface area contributed by atoms with Crippen LogP contribution in [0.25, 0.3) is 22.6 Å². The fraction of sp³-hybridized carbons (Fsp3) is 0.0476. The molecule has 1 N–H and O–H groups in total. The summed E-state index contributed by atoms with van der Waals surface area (Å²) in [4.78, 5) is 16.8. The lowest BCUT2D eigenvalue weighted by Gasteiger charge is -2.05. The van der Waals surface area contributed by atoms with Crippen molar-refractivity contribution in [3.8, 4) is 11.5 Å². The monoisotopic (exact) mass is 430 g/mol. The van der Waals surface area contributed by atoms with Crippen LogP contribution in [0.1, 0.15) is 5.56 Å². The smallest absolute Gasteiger partial charge is 0.228 e. The number of nitrogens with one attached hydrogen (secondary N) is 1. The molecule has 1 heterocycles. The molecule has 4 aromatic rings. The Balaban J connectivity index is 1.55. The lowest BCUT2D eigenvalue weighted by atomic mass is 10.1. The third-order valence-corrected chi connectivity index (χ3v) is 5.20. The van der Waals surface area contributed by atoms with Gasteiger partial charge in [-0.2, -0.15) is 0 Å². The summed E-state index contributed by atoms with van der Waals surface area (Å²) in [6.45, 7) is 0. The van der Waals surface area contributed by atoms with Crippen LogP contribution in [0, 0.1) is 0 Å². The first-order chi connectivity index (χ1) is 13.5. The number of halogens is 3. The molecule has 7 heteroatoms. The molecule has 0 aliphatic carbocycles. The predicted octanol–water partition coefficient (Wildman–Crippen LogP) is 6.64. The number of carbonyl (C=O) groups is 1. The molecular formula is C21H13Cl3N2O2. The first kappa shape index (κ1) is 18.8. The topological polar surface area (TPSA) is 55.1 Å². The molecule has 0 saturated carbocycles. The van der Waals surface area contributed by atoms with Crippen LogP contribution in [0.3, 0.4) is 0 Å². The average Bonchev–Trinajstić information content (AvgIpc) is 3.09. The first-order valence-corrected chi connectivity index (χ1v) is 9.52. The second kappa shape index (κ2) is 7.84. The van der Waals surface area contributed by atoms with Crippen LogP contribution in [0.4, 0.5) is 5.69 Å². The van der Waals surface area contributed by atoms with E-state index in [-0.39, 0.29) is 12.3 Å². The SMILES string of the molecule is O=C(Cc1ccc(Cl)cc1)Nc1ccc2oc(-c3cccc(Cl)c3Cl)nc2c1. The number of fused-ring (bicyclic) bond motifs is 1. The molecule has 4 nitrogen and oxygen atoms in total.